The zero-order valence-corrected chi connectivity index (χ0v) is 13.3. The van der Waals surface area contributed by atoms with Crippen LogP contribution >= 0.6 is 12.4 Å². The summed E-state index contributed by atoms with van der Waals surface area (Å²) in [4.78, 5) is 0.325. The van der Waals surface area contributed by atoms with Crippen LogP contribution in [0.5, 0.6) is 0 Å². The van der Waals surface area contributed by atoms with Crippen molar-refractivity contribution >= 4 is 22.4 Å². The van der Waals surface area contributed by atoms with E-state index in [2.05, 4.69) is 11.6 Å². The van der Waals surface area contributed by atoms with Crippen LogP contribution in [-0.4, -0.2) is 21.0 Å². The van der Waals surface area contributed by atoms with Crippen molar-refractivity contribution in [2.24, 2.45) is 11.7 Å². The molecule has 0 amide bonds. The number of hydrogen-bond donors (Lipinski definition) is 2. The lowest BCUT2D eigenvalue weighted by Crippen LogP contribution is -2.41. The van der Waals surface area contributed by atoms with E-state index in [0.29, 0.717) is 17.4 Å². The van der Waals surface area contributed by atoms with Crippen LogP contribution < -0.4 is 10.5 Å². The Hall–Kier alpha value is -0.620. The summed E-state index contributed by atoms with van der Waals surface area (Å²) in [6, 6.07) is 6.99. The Labute approximate surface area is 127 Å². The van der Waals surface area contributed by atoms with Crippen molar-refractivity contribution in [3.05, 3.63) is 29.8 Å². The molecule has 1 fully saturated rings. The van der Waals surface area contributed by atoms with Crippen LogP contribution in [0.15, 0.2) is 29.2 Å². The first-order valence-corrected chi connectivity index (χ1v) is 8.36. The maximum Gasteiger partial charge on any atom is 0.240 e. The van der Waals surface area contributed by atoms with Gasteiger partial charge in [0.25, 0.3) is 0 Å². The largest absolute Gasteiger partial charge is 0.329 e. The van der Waals surface area contributed by atoms with E-state index in [9.17, 15) is 8.42 Å². The summed E-state index contributed by atoms with van der Waals surface area (Å²) in [6.07, 6.45) is 4.17. The minimum absolute atomic E-state index is 0. The van der Waals surface area contributed by atoms with Gasteiger partial charge in [0, 0.05) is 12.6 Å². The van der Waals surface area contributed by atoms with E-state index in [1.165, 1.54) is 5.56 Å². The van der Waals surface area contributed by atoms with Gasteiger partial charge in [-0.05, 0) is 42.9 Å². The monoisotopic (exact) mass is 318 g/mol. The second-order valence-electron chi connectivity index (χ2n) is 5.19. The molecule has 1 aliphatic carbocycles. The summed E-state index contributed by atoms with van der Waals surface area (Å²) in [7, 11) is -3.44. The molecule has 20 heavy (non-hydrogen) atoms. The van der Waals surface area contributed by atoms with Crippen molar-refractivity contribution in [1.82, 2.24) is 4.72 Å². The van der Waals surface area contributed by atoms with E-state index in [-0.39, 0.29) is 18.4 Å². The van der Waals surface area contributed by atoms with Crippen molar-refractivity contribution in [2.45, 2.75) is 43.5 Å². The number of sulfonamides is 1. The molecule has 4 nitrogen and oxygen atoms in total. The van der Waals surface area contributed by atoms with Crippen LogP contribution in [0, 0.1) is 5.92 Å². The summed E-state index contributed by atoms with van der Waals surface area (Å²) < 4.78 is 27.2. The van der Waals surface area contributed by atoms with Gasteiger partial charge < -0.3 is 5.73 Å². The SMILES string of the molecule is CCCc1ccc(S(=O)(=O)NC(CN)C2CC2)cc1.Cl. The third-order valence-electron chi connectivity index (χ3n) is 3.52. The van der Waals surface area contributed by atoms with Gasteiger partial charge in [0.1, 0.15) is 0 Å². The Bertz CT molecular complexity index is 512. The van der Waals surface area contributed by atoms with Crippen LogP contribution in [-0.2, 0) is 16.4 Å². The van der Waals surface area contributed by atoms with Crippen molar-refractivity contribution < 1.29 is 8.42 Å². The van der Waals surface area contributed by atoms with E-state index in [4.69, 9.17) is 5.73 Å². The minimum Gasteiger partial charge on any atom is -0.329 e. The second-order valence-corrected chi connectivity index (χ2v) is 6.91. The highest BCUT2D eigenvalue weighted by Gasteiger charge is 2.33. The van der Waals surface area contributed by atoms with Gasteiger partial charge in [-0.1, -0.05) is 25.5 Å². The number of benzene rings is 1. The maximum absolute atomic E-state index is 12.2. The molecule has 0 aliphatic heterocycles. The van der Waals surface area contributed by atoms with Gasteiger partial charge in [-0.3, -0.25) is 0 Å². The standard InChI is InChI=1S/C14H22N2O2S.ClH/c1-2-3-11-4-8-13(9-5-11)19(17,18)16-14(10-15)12-6-7-12;/h4-5,8-9,12,14,16H,2-3,6-7,10,15H2,1H3;1H. The molecule has 1 aromatic carbocycles. The fraction of sp³-hybridized carbons (Fsp3) is 0.571. The molecule has 0 aromatic heterocycles. The average Bonchev–Trinajstić information content (AvgIpc) is 3.21. The number of nitrogens with two attached hydrogens (primary N) is 1. The summed E-state index contributed by atoms with van der Waals surface area (Å²) >= 11 is 0. The fourth-order valence-corrected chi connectivity index (χ4v) is 3.54. The Balaban J connectivity index is 0.00000200. The van der Waals surface area contributed by atoms with E-state index in [1.807, 2.05) is 12.1 Å². The average molecular weight is 319 g/mol. The number of halogens is 1. The molecule has 1 atom stereocenters. The number of hydrogen-bond acceptors (Lipinski definition) is 3. The molecule has 1 saturated carbocycles. The Morgan fingerprint density at radius 2 is 1.90 bits per heavy atom. The van der Waals surface area contributed by atoms with Crippen LogP contribution in [0.25, 0.3) is 0 Å². The number of nitrogens with one attached hydrogen (secondary N) is 1. The highest BCUT2D eigenvalue weighted by Crippen LogP contribution is 2.32. The molecule has 0 bridgehead atoms. The van der Waals surface area contributed by atoms with Gasteiger partial charge in [-0.2, -0.15) is 0 Å². The topological polar surface area (TPSA) is 72.2 Å². The minimum atomic E-state index is -3.44. The van der Waals surface area contributed by atoms with Crippen LogP contribution in [0.4, 0.5) is 0 Å². The zero-order valence-electron chi connectivity index (χ0n) is 11.7. The first-order valence-electron chi connectivity index (χ1n) is 6.88. The molecule has 0 saturated heterocycles. The molecule has 1 aliphatic rings. The number of rotatable bonds is 7. The lowest BCUT2D eigenvalue weighted by atomic mass is 10.1. The molecular weight excluding hydrogens is 296 g/mol. The molecule has 0 radical (unpaired) electrons. The van der Waals surface area contributed by atoms with Crippen molar-refractivity contribution in [3.8, 4) is 0 Å². The lowest BCUT2D eigenvalue weighted by molar-refractivity contribution is 0.519. The van der Waals surface area contributed by atoms with Crippen LogP contribution in [0.2, 0.25) is 0 Å². The number of aryl methyl sites for hydroxylation is 1. The highest BCUT2D eigenvalue weighted by atomic mass is 35.5. The molecule has 0 heterocycles. The Morgan fingerprint density at radius 3 is 2.35 bits per heavy atom. The predicted molar refractivity (Wildman–Crippen MR) is 83.6 cm³/mol. The van der Waals surface area contributed by atoms with Gasteiger partial charge >= 0.3 is 0 Å². The fourth-order valence-electron chi connectivity index (χ4n) is 2.23. The van der Waals surface area contributed by atoms with Crippen molar-refractivity contribution in [2.75, 3.05) is 6.54 Å². The molecule has 114 valence electrons. The first kappa shape index (κ1) is 17.4. The van der Waals surface area contributed by atoms with Gasteiger partial charge in [0.15, 0.2) is 0 Å². The summed E-state index contributed by atoms with van der Waals surface area (Å²) in [6.45, 7) is 2.46. The Kier molecular flexibility index (Phi) is 6.45. The van der Waals surface area contributed by atoms with Gasteiger partial charge in [-0.25, -0.2) is 13.1 Å². The van der Waals surface area contributed by atoms with Crippen molar-refractivity contribution in [1.29, 1.82) is 0 Å². The predicted octanol–water partition coefficient (Wildman–Crippen LogP) is 2.08. The summed E-state index contributed by atoms with van der Waals surface area (Å²) in [5, 5.41) is 0. The molecule has 1 unspecified atom stereocenters. The second kappa shape index (κ2) is 7.41. The molecular formula is C14H23ClN2O2S. The quantitative estimate of drug-likeness (QED) is 0.808. The molecule has 2 rings (SSSR count). The zero-order chi connectivity index (χ0) is 13.9. The first-order chi connectivity index (χ1) is 9.06. The van der Waals surface area contributed by atoms with E-state index in [0.717, 1.165) is 25.7 Å². The van der Waals surface area contributed by atoms with E-state index >= 15 is 0 Å². The lowest BCUT2D eigenvalue weighted by Gasteiger charge is -2.16. The molecule has 6 heteroatoms. The molecule has 3 N–H and O–H groups in total. The molecule has 0 spiro atoms. The van der Waals surface area contributed by atoms with Crippen LogP contribution in [0.1, 0.15) is 31.7 Å². The Morgan fingerprint density at radius 1 is 1.30 bits per heavy atom. The van der Waals surface area contributed by atoms with Crippen LogP contribution in [0.3, 0.4) is 0 Å². The third kappa shape index (κ3) is 4.45. The summed E-state index contributed by atoms with van der Waals surface area (Å²) in [5.41, 5.74) is 6.80. The van der Waals surface area contributed by atoms with E-state index < -0.39 is 10.0 Å². The van der Waals surface area contributed by atoms with Gasteiger partial charge in [0.2, 0.25) is 10.0 Å². The molecule has 1 aromatic rings. The third-order valence-corrected chi connectivity index (χ3v) is 5.03. The van der Waals surface area contributed by atoms with Gasteiger partial charge in [0.05, 0.1) is 4.90 Å². The smallest absolute Gasteiger partial charge is 0.240 e. The highest BCUT2D eigenvalue weighted by molar-refractivity contribution is 7.89. The van der Waals surface area contributed by atoms with Crippen molar-refractivity contribution in [3.63, 3.8) is 0 Å². The normalized spacial score (nSPS) is 16.5. The maximum atomic E-state index is 12.2. The van der Waals surface area contributed by atoms with Gasteiger partial charge in [-0.15, -0.1) is 12.4 Å². The van der Waals surface area contributed by atoms with E-state index in [1.54, 1.807) is 12.1 Å². The summed E-state index contributed by atoms with van der Waals surface area (Å²) in [5.74, 6) is 0.416.